The van der Waals surface area contributed by atoms with Crippen LogP contribution < -0.4 is 10.6 Å². The van der Waals surface area contributed by atoms with Crippen molar-refractivity contribution in [3.63, 3.8) is 0 Å². The summed E-state index contributed by atoms with van der Waals surface area (Å²) in [6.07, 6.45) is 0. The van der Waals surface area contributed by atoms with Gasteiger partial charge >= 0.3 is 6.03 Å². The summed E-state index contributed by atoms with van der Waals surface area (Å²) in [6.45, 7) is 0.820. The average Bonchev–Trinajstić information content (AvgIpc) is 3.34. The molecule has 0 atom stereocenters. The summed E-state index contributed by atoms with van der Waals surface area (Å²) < 4.78 is 0. The molecule has 1 aliphatic rings. The second-order valence-corrected chi connectivity index (χ2v) is 6.56. The van der Waals surface area contributed by atoms with E-state index in [-0.39, 0.29) is 11.9 Å². The number of amides is 3. The Balaban J connectivity index is 1.44. The van der Waals surface area contributed by atoms with Gasteiger partial charge in [-0.25, -0.2) is 4.79 Å². The van der Waals surface area contributed by atoms with E-state index in [1.807, 2.05) is 41.8 Å². The van der Waals surface area contributed by atoms with Crippen molar-refractivity contribution < 1.29 is 9.59 Å². The average molecular weight is 353 g/mol. The first-order chi connectivity index (χ1) is 12.2. The summed E-state index contributed by atoms with van der Waals surface area (Å²) in [5.74, 6) is 0.278. The number of rotatable bonds is 3. The molecule has 1 aromatic carbocycles. The van der Waals surface area contributed by atoms with E-state index in [2.05, 4.69) is 20.8 Å². The normalized spacial score (nSPS) is 12.7. The van der Waals surface area contributed by atoms with Crippen LogP contribution in [0.2, 0.25) is 0 Å². The Morgan fingerprint density at radius 3 is 2.68 bits per heavy atom. The van der Waals surface area contributed by atoms with Gasteiger partial charge in [-0.05, 0) is 23.6 Å². The number of hydrogen-bond donors (Lipinski definition) is 3. The molecule has 0 unspecified atom stereocenters. The van der Waals surface area contributed by atoms with Gasteiger partial charge in [-0.2, -0.15) is 5.10 Å². The van der Waals surface area contributed by atoms with Gasteiger partial charge in [0, 0.05) is 11.3 Å². The Bertz CT molecular complexity index is 905. The van der Waals surface area contributed by atoms with Crippen LogP contribution in [0.25, 0.3) is 0 Å². The number of carbonyl (C=O) groups excluding carboxylic acids is 2. The third-order valence-electron chi connectivity index (χ3n) is 3.94. The Labute approximate surface area is 147 Å². The maximum Gasteiger partial charge on any atom is 0.322 e. The molecule has 25 heavy (non-hydrogen) atoms. The maximum atomic E-state index is 12.4. The fourth-order valence-corrected chi connectivity index (χ4v) is 3.31. The van der Waals surface area contributed by atoms with Crippen LogP contribution in [0.4, 0.5) is 16.3 Å². The Hall–Kier alpha value is -3.13. The second-order valence-electron chi connectivity index (χ2n) is 5.61. The Morgan fingerprint density at radius 1 is 1.08 bits per heavy atom. The molecule has 1 aliphatic heterocycles. The van der Waals surface area contributed by atoms with Gasteiger partial charge in [-0.15, -0.1) is 11.3 Å². The van der Waals surface area contributed by atoms with Crippen LogP contribution >= 0.6 is 11.3 Å². The minimum atomic E-state index is -0.198. The van der Waals surface area contributed by atoms with Gasteiger partial charge in [0.2, 0.25) is 0 Å². The molecule has 0 saturated heterocycles. The second kappa shape index (κ2) is 6.40. The first-order valence-corrected chi connectivity index (χ1v) is 8.60. The van der Waals surface area contributed by atoms with Crippen molar-refractivity contribution in [2.75, 3.05) is 10.6 Å². The lowest BCUT2D eigenvalue weighted by molar-refractivity contribution is 0.103. The highest BCUT2D eigenvalue weighted by Gasteiger charge is 2.29. The van der Waals surface area contributed by atoms with Crippen LogP contribution in [0.1, 0.15) is 20.9 Å². The van der Waals surface area contributed by atoms with E-state index in [1.165, 1.54) is 11.3 Å². The molecule has 8 heteroatoms. The first-order valence-electron chi connectivity index (χ1n) is 7.72. The van der Waals surface area contributed by atoms with Crippen LogP contribution in [0.5, 0.6) is 0 Å². The van der Waals surface area contributed by atoms with Gasteiger partial charge in [0.05, 0.1) is 23.7 Å². The van der Waals surface area contributed by atoms with Crippen molar-refractivity contribution in [1.82, 2.24) is 15.1 Å². The number of thiophene rings is 1. The highest BCUT2D eigenvalue weighted by molar-refractivity contribution is 7.12. The number of benzene rings is 1. The van der Waals surface area contributed by atoms with Gasteiger partial charge in [0.15, 0.2) is 5.82 Å². The predicted molar refractivity (Wildman–Crippen MR) is 95.6 cm³/mol. The maximum absolute atomic E-state index is 12.4. The van der Waals surface area contributed by atoms with Gasteiger partial charge < -0.3 is 15.5 Å². The number of nitrogens with zero attached hydrogens (tertiary/aromatic N) is 2. The van der Waals surface area contributed by atoms with Crippen molar-refractivity contribution in [2.45, 2.75) is 13.1 Å². The van der Waals surface area contributed by atoms with Crippen molar-refractivity contribution in [2.24, 2.45) is 0 Å². The lowest BCUT2D eigenvalue weighted by atomic mass is 10.3. The molecule has 3 N–H and O–H groups in total. The van der Waals surface area contributed by atoms with Gasteiger partial charge in [-0.3, -0.25) is 9.89 Å². The van der Waals surface area contributed by atoms with Crippen molar-refractivity contribution >= 4 is 34.8 Å². The number of anilines is 2. The summed E-state index contributed by atoms with van der Waals surface area (Å²) in [5, 5.41) is 14.6. The number of hydrogen-bond acceptors (Lipinski definition) is 4. The topological polar surface area (TPSA) is 90.1 Å². The van der Waals surface area contributed by atoms with E-state index in [4.69, 9.17) is 0 Å². The standard InChI is InChI=1S/C17H15N5O2S/c23-16(14-7-4-8-25-14)19-15-12-9-22(10-13(12)20-21-15)17(24)18-11-5-2-1-3-6-11/h1-8H,9-10H2,(H,18,24)(H2,19,20,21,23). The zero-order valence-corrected chi connectivity index (χ0v) is 14.0. The number of urea groups is 1. The Morgan fingerprint density at radius 2 is 1.92 bits per heavy atom. The third-order valence-corrected chi connectivity index (χ3v) is 4.81. The van der Waals surface area contributed by atoms with Crippen molar-refractivity contribution in [3.05, 3.63) is 64.0 Å². The minimum absolute atomic E-state index is 0.189. The summed E-state index contributed by atoms with van der Waals surface area (Å²) in [6, 6.07) is 12.7. The monoisotopic (exact) mass is 353 g/mol. The number of fused-ring (bicyclic) bond motifs is 1. The van der Waals surface area contributed by atoms with Gasteiger partial charge in [0.25, 0.3) is 5.91 Å². The van der Waals surface area contributed by atoms with E-state index in [1.54, 1.807) is 11.0 Å². The van der Waals surface area contributed by atoms with Crippen molar-refractivity contribution in [1.29, 1.82) is 0 Å². The summed E-state index contributed by atoms with van der Waals surface area (Å²) in [5.41, 5.74) is 2.42. The highest BCUT2D eigenvalue weighted by atomic mass is 32.1. The summed E-state index contributed by atoms with van der Waals surface area (Å²) in [4.78, 5) is 26.9. The van der Waals surface area contributed by atoms with Gasteiger partial charge in [-0.1, -0.05) is 24.3 Å². The highest BCUT2D eigenvalue weighted by Crippen LogP contribution is 2.28. The van der Waals surface area contributed by atoms with E-state index >= 15 is 0 Å². The molecule has 7 nitrogen and oxygen atoms in total. The van der Waals surface area contributed by atoms with Crippen LogP contribution in [0.15, 0.2) is 47.8 Å². The number of carbonyl (C=O) groups is 2. The fourth-order valence-electron chi connectivity index (χ4n) is 2.69. The molecular weight excluding hydrogens is 338 g/mol. The van der Waals surface area contributed by atoms with E-state index < -0.39 is 0 Å². The van der Waals surface area contributed by atoms with E-state index in [0.717, 1.165) is 16.9 Å². The lowest BCUT2D eigenvalue weighted by Crippen LogP contribution is -2.30. The summed E-state index contributed by atoms with van der Waals surface area (Å²) in [7, 11) is 0. The molecule has 0 radical (unpaired) electrons. The smallest absolute Gasteiger partial charge is 0.314 e. The minimum Gasteiger partial charge on any atom is -0.314 e. The quantitative estimate of drug-likeness (QED) is 0.675. The molecule has 0 aliphatic carbocycles. The first kappa shape index (κ1) is 15.4. The number of para-hydroxylation sites is 1. The Kier molecular flexibility index (Phi) is 3.95. The fraction of sp³-hybridized carbons (Fsp3) is 0.118. The largest absolute Gasteiger partial charge is 0.322 e. The van der Waals surface area contributed by atoms with Crippen molar-refractivity contribution in [3.8, 4) is 0 Å². The molecule has 0 fully saturated rings. The van der Waals surface area contributed by atoms with E-state index in [9.17, 15) is 9.59 Å². The molecule has 0 saturated carbocycles. The lowest BCUT2D eigenvalue weighted by Gasteiger charge is -2.16. The van der Waals surface area contributed by atoms with E-state index in [0.29, 0.717) is 23.8 Å². The number of nitrogens with one attached hydrogen (secondary N) is 3. The van der Waals surface area contributed by atoms with Gasteiger partial charge in [0.1, 0.15) is 0 Å². The molecule has 3 heterocycles. The SMILES string of the molecule is O=C(Nc1n[nH]c2c1CN(C(=O)Nc1ccccc1)C2)c1cccs1. The zero-order chi connectivity index (χ0) is 17.2. The molecule has 3 amide bonds. The third kappa shape index (κ3) is 3.11. The molecule has 0 spiro atoms. The number of H-pyrrole nitrogens is 1. The van der Waals surface area contributed by atoms with Crippen LogP contribution in [0, 0.1) is 0 Å². The van der Waals surface area contributed by atoms with Crippen LogP contribution in [-0.4, -0.2) is 27.0 Å². The summed E-state index contributed by atoms with van der Waals surface area (Å²) >= 11 is 1.37. The molecule has 126 valence electrons. The molecule has 3 aromatic rings. The van der Waals surface area contributed by atoms with Crippen LogP contribution in [-0.2, 0) is 13.1 Å². The number of aromatic nitrogens is 2. The molecular formula is C17H15N5O2S. The molecule has 0 bridgehead atoms. The number of aromatic amines is 1. The zero-order valence-electron chi connectivity index (χ0n) is 13.2. The van der Waals surface area contributed by atoms with Crippen LogP contribution in [0.3, 0.4) is 0 Å². The molecule has 2 aromatic heterocycles. The molecule has 4 rings (SSSR count). The predicted octanol–water partition coefficient (Wildman–Crippen LogP) is 3.27.